The number of fused-ring (bicyclic) bond motifs is 2. The number of hydrogen-bond donors (Lipinski definition) is 1. The SMILES string of the molecule is COc1ccc(S(=O)(=O)Nc2cccc3c2C(=O)c2ccccc2C3=O)cc1N1CCN(C)CC1.Cl. The highest BCUT2D eigenvalue weighted by Crippen LogP contribution is 2.35. The van der Waals surface area contributed by atoms with E-state index in [1.54, 1.807) is 55.6 Å². The maximum absolute atomic E-state index is 13.4. The summed E-state index contributed by atoms with van der Waals surface area (Å²) in [5.74, 6) is -0.109. The lowest BCUT2D eigenvalue weighted by atomic mass is 9.83. The van der Waals surface area contributed by atoms with Crippen LogP contribution in [0.4, 0.5) is 11.4 Å². The number of methoxy groups -OCH3 is 1. The first kappa shape index (κ1) is 25.7. The molecule has 1 heterocycles. The van der Waals surface area contributed by atoms with E-state index in [0.29, 0.717) is 17.0 Å². The summed E-state index contributed by atoms with van der Waals surface area (Å²) in [7, 11) is -0.469. The number of halogens is 1. The molecule has 188 valence electrons. The van der Waals surface area contributed by atoms with Crippen molar-refractivity contribution in [1.82, 2.24) is 4.90 Å². The van der Waals surface area contributed by atoms with E-state index < -0.39 is 10.0 Å². The molecule has 0 bridgehead atoms. The maximum atomic E-state index is 13.4. The van der Waals surface area contributed by atoms with Crippen LogP contribution in [0.1, 0.15) is 31.8 Å². The molecule has 1 saturated heterocycles. The standard InChI is InChI=1S/C26H25N3O5S.ClH/c1-28-12-14-29(15-13-28)22-16-17(10-11-23(22)34-2)35(32,33)27-21-9-5-8-20-24(21)26(31)19-7-4-3-6-18(19)25(20)30;/h3-11,16,27H,12-15H2,1-2H3;1H. The predicted molar refractivity (Wildman–Crippen MR) is 141 cm³/mol. The third-order valence-corrected chi connectivity index (χ3v) is 7.86. The number of ether oxygens (including phenoxy) is 1. The average Bonchev–Trinajstić information content (AvgIpc) is 2.87. The van der Waals surface area contributed by atoms with Gasteiger partial charge in [-0.3, -0.25) is 14.3 Å². The number of rotatable bonds is 5. The minimum Gasteiger partial charge on any atom is -0.495 e. The Morgan fingerprint density at radius 1 is 0.833 bits per heavy atom. The number of piperazine rings is 1. The summed E-state index contributed by atoms with van der Waals surface area (Å²) < 4.78 is 34.9. The molecule has 10 heteroatoms. The van der Waals surface area contributed by atoms with Crippen molar-refractivity contribution in [3.8, 4) is 5.75 Å². The van der Waals surface area contributed by atoms with Gasteiger partial charge in [0, 0.05) is 42.9 Å². The van der Waals surface area contributed by atoms with Crippen molar-refractivity contribution in [3.05, 3.63) is 82.9 Å². The number of likely N-dealkylation sites (N-methyl/N-ethyl adjacent to an activating group) is 1. The lowest BCUT2D eigenvalue weighted by Crippen LogP contribution is -2.44. The monoisotopic (exact) mass is 527 g/mol. The Bertz CT molecular complexity index is 1450. The van der Waals surface area contributed by atoms with Crippen LogP contribution in [0.15, 0.2) is 65.6 Å². The Balaban J connectivity index is 0.00000304. The third kappa shape index (κ3) is 4.45. The summed E-state index contributed by atoms with van der Waals surface area (Å²) in [4.78, 5) is 30.6. The quantitative estimate of drug-likeness (QED) is 0.424. The zero-order valence-electron chi connectivity index (χ0n) is 19.9. The fraction of sp³-hybridized carbons (Fsp3) is 0.231. The van der Waals surface area contributed by atoms with E-state index in [2.05, 4.69) is 14.5 Å². The van der Waals surface area contributed by atoms with E-state index in [9.17, 15) is 18.0 Å². The number of carbonyl (C=O) groups excluding carboxylic acids is 2. The van der Waals surface area contributed by atoms with Crippen LogP contribution in [0, 0.1) is 0 Å². The van der Waals surface area contributed by atoms with Gasteiger partial charge in [0.25, 0.3) is 10.0 Å². The second-order valence-electron chi connectivity index (χ2n) is 8.66. The molecule has 1 N–H and O–H groups in total. The zero-order chi connectivity index (χ0) is 24.7. The van der Waals surface area contributed by atoms with Gasteiger partial charge in [-0.1, -0.05) is 36.4 Å². The summed E-state index contributed by atoms with van der Waals surface area (Å²) in [6, 6.07) is 15.9. The van der Waals surface area contributed by atoms with E-state index in [4.69, 9.17) is 4.74 Å². The van der Waals surface area contributed by atoms with Gasteiger partial charge in [0.2, 0.25) is 0 Å². The van der Waals surface area contributed by atoms with Crippen LogP contribution in [-0.4, -0.2) is 65.2 Å². The first-order chi connectivity index (χ1) is 16.8. The Labute approximate surface area is 216 Å². The van der Waals surface area contributed by atoms with Gasteiger partial charge in [0.05, 0.1) is 28.9 Å². The molecule has 8 nitrogen and oxygen atoms in total. The van der Waals surface area contributed by atoms with Crippen molar-refractivity contribution in [2.45, 2.75) is 4.90 Å². The van der Waals surface area contributed by atoms with Gasteiger partial charge in [0.15, 0.2) is 11.6 Å². The molecule has 5 rings (SSSR count). The molecule has 3 aromatic carbocycles. The summed E-state index contributed by atoms with van der Waals surface area (Å²) in [6.45, 7) is 3.19. The van der Waals surface area contributed by atoms with Crippen LogP contribution < -0.4 is 14.4 Å². The molecule has 0 amide bonds. The number of sulfonamides is 1. The molecule has 0 saturated carbocycles. The summed E-state index contributed by atoms with van der Waals surface area (Å²) in [6.07, 6.45) is 0. The van der Waals surface area contributed by atoms with Crippen molar-refractivity contribution in [2.75, 3.05) is 50.0 Å². The number of hydrogen-bond acceptors (Lipinski definition) is 7. The molecule has 0 aromatic heterocycles. The van der Waals surface area contributed by atoms with Crippen molar-refractivity contribution in [2.24, 2.45) is 0 Å². The number of anilines is 2. The third-order valence-electron chi connectivity index (χ3n) is 6.50. The van der Waals surface area contributed by atoms with Crippen LogP contribution in [-0.2, 0) is 10.0 Å². The summed E-state index contributed by atoms with van der Waals surface area (Å²) >= 11 is 0. The van der Waals surface area contributed by atoms with Gasteiger partial charge in [-0.2, -0.15) is 0 Å². The maximum Gasteiger partial charge on any atom is 0.261 e. The molecule has 2 aliphatic rings. The highest BCUT2D eigenvalue weighted by atomic mass is 35.5. The number of ketones is 2. The molecule has 0 radical (unpaired) electrons. The summed E-state index contributed by atoms with van der Waals surface area (Å²) in [5, 5.41) is 0. The van der Waals surface area contributed by atoms with Crippen molar-refractivity contribution in [1.29, 1.82) is 0 Å². The molecule has 0 unspecified atom stereocenters. The van der Waals surface area contributed by atoms with Gasteiger partial charge in [0.1, 0.15) is 5.75 Å². The number of nitrogens with zero attached hydrogens (tertiary/aromatic N) is 2. The topological polar surface area (TPSA) is 96.0 Å². The van der Waals surface area contributed by atoms with Crippen LogP contribution >= 0.6 is 12.4 Å². The molecular formula is C26H26ClN3O5S. The Hall–Kier alpha value is -3.40. The van der Waals surface area contributed by atoms with Crippen molar-refractivity contribution >= 4 is 45.4 Å². The molecule has 1 aliphatic carbocycles. The van der Waals surface area contributed by atoms with E-state index in [-0.39, 0.29) is 51.2 Å². The van der Waals surface area contributed by atoms with Crippen LogP contribution in [0.2, 0.25) is 0 Å². The Morgan fingerprint density at radius 2 is 1.47 bits per heavy atom. The second kappa shape index (κ2) is 9.93. The van der Waals surface area contributed by atoms with Crippen LogP contribution in [0.25, 0.3) is 0 Å². The van der Waals surface area contributed by atoms with E-state index in [0.717, 1.165) is 26.2 Å². The zero-order valence-corrected chi connectivity index (χ0v) is 21.5. The summed E-state index contributed by atoms with van der Waals surface area (Å²) in [5.41, 5.74) is 1.59. The van der Waals surface area contributed by atoms with Crippen LogP contribution in [0.5, 0.6) is 5.75 Å². The van der Waals surface area contributed by atoms with Gasteiger partial charge in [-0.05, 0) is 31.3 Å². The average molecular weight is 528 g/mol. The molecule has 0 atom stereocenters. The Morgan fingerprint density at radius 3 is 2.14 bits per heavy atom. The molecule has 1 aliphatic heterocycles. The van der Waals surface area contributed by atoms with E-state index in [1.807, 2.05) is 7.05 Å². The lowest BCUT2D eigenvalue weighted by Gasteiger charge is -2.34. The highest BCUT2D eigenvalue weighted by Gasteiger charge is 2.32. The fourth-order valence-electron chi connectivity index (χ4n) is 4.57. The normalized spacial score (nSPS) is 15.6. The minimum absolute atomic E-state index is 0. The fourth-order valence-corrected chi connectivity index (χ4v) is 5.66. The van der Waals surface area contributed by atoms with E-state index in [1.165, 1.54) is 12.1 Å². The first-order valence-electron chi connectivity index (χ1n) is 11.3. The number of nitrogens with one attached hydrogen (secondary N) is 1. The largest absolute Gasteiger partial charge is 0.495 e. The molecule has 0 spiro atoms. The van der Waals surface area contributed by atoms with Gasteiger partial charge in [-0.15, -0.1) is 12.4 Å². The van der Waals surface area contributed by atoms with Crippen LogP contribution in [0.3, 0.4) is 0 Å². The van der Waals surface area contributed by atoms with Gasteiger partial charge < -0.3 is 14.5 Å². The van der Waals surface area contributed by atoms with Gasteiger partial charge >= 0.3 is 0 Å². The Kier molecular flexibility index (Phi) is 7.08. The molecule has 1 fully saturated rings. The van der Waals surface area contributed by atoms with Crippen molar-refractivity contribution in [3.63, 3.8) is 0 Å². The van der Waals surface area contributed by atoms with E-state index >= 15 is 0 Å². The lowest BCUT2D eigenvalue weighted by molar-refractivity contribution is 0.0979. The number of benzene rings is 3. The molecule has 3 aromatic rings. The number of carbonyl (C=O) groups is 2. The van der Waals surface area contributed by atoms with Crippen molar-refractivity contribution < 1.29 is 22.7 Å². The minimum atomic E-state index is -4.07. The second-order valence-corrected chi connectivity index (χ2v) is 10.3. The molecule has 36 heavy (non-hydrogen) atoms. The highest BCUT2D eigenvalue weighted by molar-refractivity contribution is 7.92. The van der Waals surface area contributed by atoms with Gasteiger partial charge in [-0.25, -0.2) is 8.42 Å². The smallest absolute Gasteiger partial charge is 0.261 e. The first-order valence-corrected chi connectivity index (χ1v) is 12.7. The predicted octanol–water partition coefficient (Wildman–Crippen LogP) is 3.45. The molecular weight excluding hydrogens is 502 g/mol.